The van der Waals surface area contributed by atoms with E-state index in [0.29, 0.717) is 6.54 Å². The maximum atomic E-state index is 11.7. The standard InChI is InChI=1S/C12H21NO/c1-12(2,3)13-9-11(14)10-7-5-4-6-8-10/h7,13H,4-6,8-9H2,1-3H3. The molecule has 0 aromatic carbocycles. The lowest BCUT2D eigenvalue weighted by molar-refractivity contribution is -0.115. The normalized spacial score (nSPS) is 17.8. The van der Waals surface area contributed by atoms with Crippen molar-refractivity contribution in [1.29, 1.82) is 0 Å². The number of carbonyl (C=O) groups excluding carboxylic acids is 1. The maximum absolute atomic E-state index is 11.7. The van der Waals surface area contributed by atoms with Crippen molar-refractivity contribution >= 4 is 5.78 Å². The summed E-state index contributed by atoms with van der Waals surface area (Å²) in [4.78, 5) is 11.7. The van der Waals surface area contributed by atoms with E-state index in [1.165, 1.54) is 12.8 Å². The van der Waals surface area contributed by atoms with Crippen LogP contribution in [-0.2, 0) is 4.79 Å². The summed E-state index contributed by atoms with van der Waals surface area (Å²) in [7, 11) is 0. The van der Waals surface area contributed by atoms with E-state index in [1.807, 2.05) is 0 Å². The quantitative estimate of drug-likeness (QED) is 0.749. The van der Waals surface area contributed by atoms with Gasteiger partial charge in [-0.2, -0.15) is 0 Å². The third-order valence-electron chi connectivity index (χ3n) is 2.43. The van der Waals surface area contributed by atoms with Gasteiger partial charge in [0, 0.05) is 5.54 Å². The molecule has 2 nitrogen and oxygen atoms in total. The smallest absolute Gasteiger partial charge is 0.172 e. The Morgan fingerprint density at radius 1 is 1.43 bits per heavy atom. The van der Waals surface area contributed by atoms with Crippen molar-refractivity contribution in [1.82, 2.24) is 5.32 Å². The molecule has 0 aromatic rings. The highest BCUT2D eigenvalue weighted by Gasteiger charge is 2.15. The highest BCUT2D eigenvalue weighted by molar-refractivity contribution is 5.97. The van der Waals surface area contributed by atoms with Gasteiger partial charge < -0.3 is 5.32 Å². The molecule has 14 heavy (non-hydrogen) atoms. The minimum atomic E-state index is 0.0326. The topological polar surface area (TPSA) is 29.1 Å². The van der Waals surface area contributed by atoms with Crippen LogP contribution in [0.1, 0.15) is 46.5 Å². The minimum absolute atomic E-state index is 0.0326. The van der Waals surface area contributed by atoms with Crippen molar-refractivity contribution in [2.24, 2.45) is 0 Å². The molecule has 0 atom stereocenters. The number of nitrogens with one attached hydrogen (secondary N) is 1. The predicted molar refractivity (Wildman–Crippen MR) is 59.3 cm³/mol. The highest BCUT2D eigenvalue weighted by atomic mass is 16.1. The van der Waals surface area contributed by atoms with Crippen molar-refractivity contribution < 1.29 is 4.79 Å². The molecule has 0 bridgehead atoms. The zero-order valence-corrected chi connectivity index (χ0v) is 9.52. The monoisotopic (exact) mass is 195 g/mol. The number of ketones is 1. The molecule has 80 valence electrons. The number of allylic oxidation sites excluding steroid dienone is 1. The third-order valence-corrected chi connectivity index (χ3v) is 2.43. The van der Waals surface area contributed by atoms with Gasteiger partial charge in [0.1, 0.15) is 0 Å². The molecule has 0 radical (unpaired) electrons. The summed E-state index contributed by atoms with van der Waals surface area (Å²) in [6, 6.07) is 0. The van der Waals surface area contributed by atoms with Gasteiger partial charge >= 0.3 is 0 Å². The molecule has 0 aromatic heterocycles. The van der Waals surface area contributed by atoms with E-state index < -0.39 is 0 Å². The van der Waals surface area contributed by atoms with Gasteiger partial charge in [-0.25, -0.2) is 0 Å². The van der Waals surface area contributed by atoms with Gasteiger partial charge in [0.25, 0.3) is 0 Å². The Hall–Kier alpha value is -0.630. The first-order valence-corrected chi connectivity index (χ1v) is 5.46. The number of Topliss-reactive ketones (excluding diaryl/α,β-unsaturated/α-hetero) is 1. The first-order chi connectivity index (χ1) is 6.49. The number of hydrogen-bond acceptors (Lipinski definition) is 2. The average molecular weight is 195 g/mol. The average Bonchev–Trinajstić information content (AvgIpc) is 2.14. The Bertz CT molecular complexity index is 235. The lowest BCUT2D eigenvalue weighted by atomic mass is 9.96. The Labute approximate surface area is 86.8 Å². The van der Waals surface area contributed by atoms with Gasteiger partial charge in [-0.3, -0.25) is 4.79 Å². The van der Waals surface area contributed by atoms with Crippen LogP contribution < -0.4 is 5.32 Å². The van der Waals surface area contributed by atoms with E-state index in [0.717, 1.165) is 18.4 Å². The van der Waals surface area contributed by atoms with Crippen LogP contribution in [0.5, 0.6) is 0 Å². The maximum Gasteiger partial charge on any atom is 0.172 e. The molecule has 0 unspecified atom stereocenters. The van der Waals surface area contributed by atoms with Gasteiger partial charge in [-0.1, -0.05) is 6.08 Å². The predicted octanol–water partition coefficient (Wildman–Crippen LogP) is 2.44. The van der Waals surface area contributed by atoms with Gasteiger partial charge in [0.15, 0.2) is 5.78 Å². The summed E-state index contributed by atoms with van der Waals surface area (Å²) in [5.41, 5.74) is 1.07. The molecular weight excluding hydrogens is 174 g/mol. The van der Waals surface area contributed by atoms with Gasteiger partial charge in [0.2, 0.25) is 0 Å². The van der Waals surface area contributed by atoms with Crippen LogP contribution in [0.4, 0.5) is 0 Å². The molecule has 0 fully saturated rings. The van der Waals surface area contributed by atoms with Crippen LogP contribution in [0.25, 0.3) is 0 Å². The summed E-state index contributed by atoms with van der Waals surface area (Å²) >= 11 is 0. The minimum Gasteiger partial charge on any atom is -0.305 e. The molecule has 1 rings (SSSR count). The Balaban J connectivity index is 2.38. The Kier molecular flexibility index (Phi) is 3.87. The first kappa shape index (κ1) is 11.4. The van der Waals surface area contributed by atoms with Gasteiger partial charge in [-0.15, -0.1) is 0 Å². The number of carbonyl (C=O) groups is 1. The van der Waals surface area contributed by atoms with Gasteiger partial charge in [-0.05, 0) is 52.0 Å². The summed E-state index contributed by atoms with van der Waals surface area (Å²) in [5, 5.41) is 3.23. The zero-order valence-electron chi connectivity index (χ0n) is 9.52. The molecule has 1 N–H and O–H groups in total. The van der Waals surface area contributed by atoms with Crippen LogP contribution >= 0.6 is 0 Å². The lowest BCUT2D eigenvalue weighted by Crippen LogP contribution is -2.39. The van der Waals surface area contributed by atoms with Crippen LogP contribution in [0.3, 0.4) is 0 Å². The van der Waals surface area contributed by atoms with Crippen LogP contribution in [0.2, 0.25) is 0 Å². The summed E-state index contributed by atoms with van der Waals surface area (Å²) in [5.74, 6) is 0.277. The van der Waals surface area contributed by atoms with Crippen molar-refractivity contribution in [3.05, 3.63) is 11.6 Å². The SMILES string of the molecule is CC(C)(C)NCC(=O)C1=CCCCC1. The molecule has 0 saturated heterocycles. The molecule has 1 aliphatic rings. The molecule has 0 heterocycles. The third kappa shape index (κ3) is 4.05. The summed E-state index contributed by atoms with van der Waals surface area (Å²) in [6.45, 7) is 6.72. The highest BCUT2D eigenvalue weighted by Crippen LogP contribution is 2.17. The summed E-state index contributed by atoms with van der Waals surface area (Å²) < 4.78 is 0. The van der Waals surface area contributed by atoms with E-state index in [-0.39, 0.29) is 11.3 Å². The largest absolute Gasteiger partial charge is 0.305 e. The van der Waals surface area contributed by atoms with E-state index >= 15 is 0 Å². The van der Waals surface area contributed by atoms with Gasteiger partial charge in [0.05, 0.1) is 6.54 Å². The van der Waals surface area contributed by atoms with Crippen molar-refractivity contribution in [2.75, 3.05) is 6.54 Å². The van der Waals surface area contributed by atoms with Crippen LogP contribution in [0.15, 0.2) is 11.6 Å². The molecule has 0 amide bonds. The van der Waals surface area contributed by atoms with Crippen molar-refractivity contribution in [2.45, 2.75) is 52.0 Å². The Morgan fingerprint density at radius 2 is 2.14 bits per heavy atom. The van der Waals surface area contributed by atoms with E-state index in [4.69, 9.17) is 0 Å². The second-order valence-corrected chi connectivity index (χ2v) is 5.00. The van der Waals surface area contributed by atoms with Crippen molar-refractivity contribution in [3.8, 4) is 0 Å². The molecule has 0 aliphatic heterocycles. The molecule has 0 saturated carbocycles. The number of rotatable bonds is 3. The fourth-order valence-corrected chi connectivity index (χ4v) is 1.55. The molecule has 1 aliphatic carbocycles. The lowest BCUT2D eigenvalue weighted by Gasteiger charge is -2.21. The van der Waals surface area contributed by atoms with E-state index in [1.54, 1.807) is 0 Å². The fraction of sp³-hybridized carbons (Fsp3) is 0.750. The van der Waals surface area contributed by atoms with E-state index in [2.05, 4.69) is 32.2 Å². The van der Waals surface area contributed by atoms with Crippen LogP contribution in [0, 0.1) is 0 Å². The fourth-order valence-electron chi connectivity index (χ4n) is 1.55. The second kappa shape index (κ2) is 4.74. The van der Waals surface area contributed by atoms with E-state index in [9.17, 15) is 4.79 Å². The molecular formula is C12H21NO. The van der Waals surface area contributed by atoms with Crippen molar-refractivity contribution in [3.63, 3.8) is 0 Å². The molecule has 2 heteroatoms. The molecule has 0 spiro atoms. The summed E-state index contributed by atoms with van der Waals surface area (Å²) in [6.07, 6.45) is 6.58. The number of hydrogen-bond donors (Lipinski definition) is 1. The Morgan fingerprint density at radius 3 is 2.64 bits per heavy atom. The second-order valence-electron chi connectivity index (χ2n) is 5.00. The zero-order chi connectivity index (χ0) is 10.6. The first-order valence-electron chi connectivity index (χ1n) is 5.46. The van der Waals surface area contributed by atoms with Crippen LogP contribution in [-0.4, -0.2) is 17.9 Å².